The summed E-state index contributed by atoms with van der Waals surface area (Å²) in [6.45, 7) is 12.7. The first kappa shape index (κ1) is 15.0. The standard InChI is InChI=1S/C13H29BO/c1-6-8-12(3)10-14(5)15-11-13(4)9-7-2/h12-13H,6-11H2,1-5H3. The number of hydrogen-bond donors (Lipinski definition) is 0. The second kappa shape index (κ2) is 9.27. The molecule has 2 heteroatoms. The van der Waals surface area contributed by atoms with E-state index in [9.17, 15) is 0 Å². The van der Waals surface area contributed by atoms with E-state index in [0.29, 0.717) is 6.92 Å². The Labute approximate surface area is 97.1 Å². The highest BCUT2D eigenvalue weighted by Crippen LogP contribution is 2.15. The van der Waals surface area contributed by atoms with Gasteiger partial charge in [-0.1, -0.05) is 53.8 Å². The summed E-state index contributed by atoms with van der Waals surface area (Å²) in [4.78, 5) is 0. The van der Waals surface area contributed by atoms with Crippen LogP contribution in [0.3, 0.4) is 0 Å². The van der Waals surface area contributed by atoms with Crippen LogP contribution in [0.25, 0.3) is 0 Å². The van der Waals surface area contributed by atoms with Crippen molar-refractivity contribution in [2.75, 3.05) is 6.61 Å². The molecule has 0 aliphatic rings. The van der Waals surface area contributed by atoms with Gasteiger partial charge in [0.2, 0.25) is 0 Å². The molecule has 0 aliphatic carbocycles. The zero-order valence-corrected chi connectivity index (χ0v) is 11.4. The van der Waals surface area contributed by atoms with E-state index in [2.05, 4.69) is 34.5 Å². The van der Waals surface area contributed by atoms with E-state index in [1.165, 1.54) is 32.0 Å². The molecule has 90 valence electrons. The second-order valence-electron chi connectivity index (χ2n) is 5.17. The molecule has 0 amide bonds. The van der Waals surface area contributed by atoms with Gasteiger partial charge in [-0.05, 0) is 24.6 Å². The highest BCUT2D eigenvalue weighted by molar-refractivity contribution is 6.50. The van der Waals surface area contributed by atoms with Crippen LogP contribution in [0.5, 0.6) is 0 Å². The zero-order valence-electron chi connectivity index (χ0n) is 11.4. The number of rotatable bonds is 9. The fourth-order valence-corrected chi connectivity index (χ4v) is 2.15. The average Bonchev–Trinajstić information content (AvgIpc) is 2.15. The Kier molecular flexibility index (Phi) is 9.28. The first-order valence-electron chi connectivity index (χ1n) is 6.71. The minimum Gasteiger partial charge on any atom is -0.436 e. The predicted molar refractivity (Wildman–Crippen MR) is 70.5 cm³/mol. The third-order valence-electron chi connectivity index (χ3n) is 2.96. The SMILES string of the molecule is CCCC(C)COB(C)CC(C)CCC. The Bertz CT molecular complexity index is 138. The van der Waals surface area contributed by atoms with Gasteiger partial charge in [0.15, 0.2) is 0 Å². The van der Waals surface area contributed by atoms with Crippen molar-refractivity contribution in [3.63, 3.8) is 0 Å². The Morgan fingerprint density at radius 3 is 2.07 bits per heavy atom. The molecule has 0 aromatic carbocycles. The van der Waals surface area contributed by atoms with Gasteiger partial charge in [-0.15, -0.1) is 0 Å². The summed E-state index contributed by atoms with van der Waals surface area (Å²) in [6.07, 6.45) is 6.40. The van der Waals surface area contributed by atoms with Gasteiger partial charge in [-0.3, -0.25) is 0 Å². The molecule has 0 radical (unpaired) electrons. The molecule has 2 unspecified atom stereocenters. The van der Waals surface area contributed by atoms with E-state index in [1.54, 1.807) is 0 Å². The fourth-order valence-electron chi connectivity index (χ4n) is 2.15. The van der Waals surface area contributed by atoms with Gasteiger partial charge in [-0.25, -0.2) is 0 Å². The quantitative estimate of drug-likeness (QED) is 0.511. The summed E-state index contributed by atoms with van der Waals surface area (Å²) in [7, 11) is 0. The summed E-state index contributed by atoms with van der Waals surface area (Å²) >= 11 is 0. The van der Waals surface area contributed by atoms with E-state index < -0.39 is 0 Å². The van der Waals surface area contributed by atoms with Gasteiger partial charge in [0, 0.05) is 6.61 Å². The molecule has 0 saturated heterocycles. The molecule has 0 fully saturated rings. The molecule has 0 N–H and O–H groups in total. The molecule has 0 aromatic heterocycles. The minimum atomic E-state index is 0.436. The molecule has 0 aromatic rings. The van der Waals surface area contributed by atoms with Gasteiger partial charge in [-0.2, -0.15) is 0 Å². The third-order valence-corrected chi connectivity index (χ3v) is 2.96. The van der Waals surface area contributed by atoms with E-state index in [1.807, 2.05) is 0 Å². The minimum absolute atomic E-state index is 0.436. The van der Waals surface area contributed by atoms with Crippen LogP contribution in [0.2, 0.25) is 13.1 Å². The molecule has 2 atom stereocenters. The van der Waals surface area contributed by atoms with Crippen molar-refractivity contribution in [3.8, 4) is 0 Å². The number of hydrogen-bond acceptors (Lipinski definition) is 1. The van der Waals surface area contributed by atoms with E-state index in [4.69, 9.17) is 4.65 Å². The van der Waals surface area contributed by atoms with Crippen molar-refractivity contribution in [2.45, 2.75) is 66.5 Å². The molecule has 0 bridgehead atoms. The maximum absolute atomic E-state index is 5.87. The first-order valence-corrected chi connectivity index (χ1v) is 6.71. The summed E-state index contributed by atoms with van der Waals surface area (Å²) in [6, 6.07) is 0. The molecular weight excluding hydrogens is 183 g/mol. The molecule has 0 heterocycles. The van der Waals surface area contributed by atoms with Crippen molar-refractivity contribution < 1.29 is 4.65 Å². The zero-order chi connectivity index (χ0) is 11.7. The van der Waals surface area contributed by atoms with Crippen LogP contribution in [0.15, 0.2) is 0 Å². The Morgan fingerprint density at radius 1 is 1.00 bits per heavy atom. The van der Waals surface area contributed by atoms with E-state index in [0.717, 1.165) is 18.4 Å². The third kappa shape index (κ3) is 8.98. The van der Waals surface area contributed by atoms with E-state index >= 15 is 0 Å². The van der Waals surface area contributed by atoms with Crippen LogP contribution in [0.1, 0.15) is 53.4 Å². The van der Waals surface area contributed by atoms with Crippen LogP contribution in [0.4, 0.5) is 0 Å². The Morgan fingerprint density at radius 2 is 1.53 bits per heavy atom. The van der Waals surface area contributed by atoms with Crippen LogP contribution in [-0.4, -0.2) is 13.5 Å². The van der Waals surface area contributed by atoms with Gasteiger partial charge >= 0.3 is 0 Å². The lowest BCUT2D eigenvalue weighted by molar-refractivity contribution is 0.250. The average molecular weight is 212 g/mol. The second-order valence-corrected chi connectivity index (χ2v) is 5.17. The van der Waals surface area contributed by atoms with Crippen LogP contribution < -0.4 is 0 Å². The van der Waals surface area contributed by atoms with Crippen molar-refractivity contribution in [3.05, 3.63) is 0 Å². The molecule has 15 heavy (non-hydrogen) atoms. The molecule has 0 spiro atoms. The molecule has 0 aliphatic heterocycles. The van der Waals surface area contributed by atoms with Gasteiger partial charge in [0.25, 0.3) is 6.92 Å². The van der Waals surface area contributed by atoms with Crippen molar-refractivity contribution >= 4 is 6.92 Å². The lowest BCUT2D eigenvalue weighted by Crippen LogP contribution is -2.20. The topological polar surface area (TPSA) is 9.23 Å². The molecule has 0 rings (SSSR count). The lowest BCUT2D eigenvalue weighted by Gasteiger charge is -2.17. The van der Waals surface area contributed by atoms with E-state index in [-0.39, 0.29) is 0 Å². The van der Waals surface area contributed by atoms with Crippen LogP contribution >= 0.6 is 0 Å². The maximum Gasteiger partial charge on any atom is 0.290 e. The first-order chi connectivity index (χ1) is 7.10. The summed E-state index contributed by atoms with van der Waals surface area (Å²) in [5.74, 6) is 1.53. The summed E-state index contributed by atoms with van der Waals surface area (Å²) in [5.41, 5.74) is 0. The van der Waals surface area contributed by atoms with Crippen molar-refractivity contribution in [1.82, 2.24) is 0 Å². The maximum atomic E-state index is 5.87. The predicted octanol–water partition coefficient (Wildman–Crippen LogP) is 4.50. The Balaban J connectivity index is 3.51. The molecule has 1 nitrogen and oxygen atoms in total. The van der Waals surface area contributed by atoms with Gasteiger partial charge < -0.3 is 4.65 Å². The van der Waals surface area contributed by atoms with Crippen LogP contribution in [0, 0.1) is 11.8 Å². The normalized spacial score (nSPS) is 15.0. The largest absolute Gasteiger partial charge is 0.436 e. The smallest absolute Gasteiger partial charge is 0.290 e. The van der Waals surface area contributed by atoms with Crippen molar-refractivity contribution in [2.24, 2.45) is 11.8 Å². The molecular formula is C13H29BO. The monoisotopic (exact) mass is 212 g/mol. The molecule has 0 saturated carbocycles. The van der Waals surface area contributed by atoms with Gasteiger partial charge in [0.1, 0.15) is 0 Å². The lowest BCUT2D eigenvalue weighted by atomic mass is 9.63. The van der Waals surface area contributed by atoms with Crippen LogP contribution in [-0.2, 0) is 4.65 Å². The van der Waals surface area contributed by atoms with Crippen molar-refractivity contribution in [1.29, 1.82) is 0 Å². The highest BCUT2D eigenvalue weighted by Gasteiger charge is 2.14. The summed E-state index contributed by atoms with van der Waals surface area (Å²) in [5, 5.41) is 0. The van der Waals surface area contributed by atoms with Gasteiger partial charge in [0.05, 0.1) is 0 Å². The highest BCUT2D eigenvalue weighted by atomic mass is 16.4. The summed E-state index contributed by atoms with van der Waals surface area (Å²) < 4.78 is 5.87. The Hall–Kier alpha value is 0.0249. The fraction of sp³-hybridized carbons (Fsp3) is 1.00.